The quantitative estimate of drug-likeness (QED) is 0.656. The van der Waals surface area contributed by atoms with E-state index < -0.39 is 0 Å². The minimum atomic E-state index is 0.00533. The van der Waals surface area contributed by atoms with E-state index in [1.165, 1.54) is 25.7 Å². The molecule has 1 saturated carbocycles. The lowest BCUT2D eigenvalue weighted by Crippen LogP contribution is -2.33. The van der Waals surface area contributed by atoms with Gasteiger partial charge in [0.1, 0.15) is 0 Å². The first-order chi connectivity index (χ1) is 8.84. The Balaban J connectivity index is 1.82. The zero-order valence-corrected chi connectivity index (χ0v) is 10.6. The molecule has 3 heteroatoms. The van der Waals surface area contributed by atoms with E-state index in [0.717, 1.165) is 18.4 Å². The summed E-state index contributed by atoms with van der Waals surface area (Å²) in [4.78, 5) is 15.8. The summed E-state index contributed by atoms with van der Waals surface area (Å²) in [5.41, 5.74) is 0.952. The van der Waals surface area contributed by atoms with Gasteiger partial charge < -0.3 is 5.32 Å². The Hall–Kier alpha value is -1.64. The van der Waals surface area contributed by atoms with E-state index in [1.54, 1.807) is 24.5 Å². The molecule has 0 aromatic carbocycles. The van der Waals surface area contributed by atoms with Crippen LogP contribution in [0.15, 0.2) is 30.6 Å². The molecule has 0 radical (unpaired) electrons. The predicted octanol–water partition coefficient (Wildman–Crippen LogP) is 2.93. The molecule has 3 nitrogen and oxygen atoms in total. The number of hydrogen-bond acceptors (Lipinski definition) is 2. The topological polar surface area (TPSA) is 42.0 Å². The van der Waals surface area contributed by atoms with Crippen LogP contribution in [0.4, 0.5) is 0 Å². The molecule has 96 valence electrons. The monoisotopic (exact) mass is 244 g/mol. The van der Waals surface area contributed by atoms with Crippen molar-refractivity contribution in [3.05, 3.63) is 36.2 Å². The van der Waals surface area contributed by atoms with Gasteiger partial charge >= 0.3 is 0 Å². The van der Waals surface area contributed by atoms with Crippen molar-refractivity contribution < 1.29 is 4.79 Å². The Morgan fingerprint density at radius 3 is 2.72 bits per heavy atom. The van der Waals surface area contributed by atoms with Crippen molar-refractivity contribution >= 4 is 12.0 Å². The summed E-state index contributed by atoms with van der Waals surface area (Å²) >= 11 is 0. The highest BCUT2D eigenvalue weighted by Gasteiger charge is 2.12. The zero-order valence-electron chi connectivity index (χ0n) is 10.6. The van der Waals surface area contributed by atoms with E-state index in [2.05, 4.69) is 10.3 Å². The van der Waals surface area contributed by atoms with Gasteiger partial charge in [-0.05, 0) is 30.5 Å². The third-order valence-electron chi connectivity index (χ3n) is 3.31. The molecule has 18 heavy (non-hydrogen) atoms. The normalized spacial score (nSPS) is 17.6. The SMILES string of the molecule is O=C(/C=C/c1cccnc1)NC1CCCCCC1. The molecule has 1 aromatic rings. The highest BCUT2D eigenvalue weighted by atomic mass is 16.1. The lowest BCUT2D eigenvalue weighted by atomic mass is 10.1. The molecule has 0 bridgehead atoms. The number of rotatable bonds is 3. The lowest BCUT2D eigenvalue weighted by Gasteiger charge is -2.14. The number of nitrogens with one attached hydrogen (secondary N) is 1. The Kier molecular flexibility index (Phi) is 4.94. The van der Waals surface area contributed by atoms with Crippen LogP contribution in [0.5, 0.6) is 0 Å². The number of carbonyl (C=O) groups is 1. The minimum absolute atomic E-state index is 0.00533. The Morgan fingerprint density at radius 1 is 1.28 bits per heavy atom. The fourth-order valence-electron chi connectivity index (χ4n) is 2.32. The number of amides is 1. The van der Waals surface area contributed by atoms with Gasteiger partial charge in [-0.25, -0.2) is 0 Å². The van der Waals surface area contributed by atoms with Crippen LogP contribution in [0.25, 0.3) is 6.08 Å². The summed E-state index contributed by atoms with van der Waals surface area (Å²) in [6.07, 6.45) is 14.2. The van der Waals surface area contributed by atoms with Gasteiger partial charge in [-0.2, -0.15) is 0 Å². The van der Waals surface area contributed by atoms with Gasteiger partial charge in [-0.3, -0.25) is 9.78 Å². The first kappa shape index (κ1) is 12.8. The second-order valence-corrected chi connectivity index (χ2v) is 4.82. The van der Waals surface area contributed by atoms with E-state index in [9.17, 15) is 4.79 Å². The van der Waals surface area contributed by atoms with Crippen molar-refractivity contribution in [2.75, 3.05) is 0 Å². The molecule has 1 heterocycles. The van der Waals surface area contributed by atoms with Crippen LogP contribution in [-0.4, -0.2) is 16.9 Å². The van der Waals surface area contributed by atoms with Crippen LogP contribution in [0, 0.1) is 0 Å². The summed E-state index contributed by atoms with van der Waals surface area (Å²) in [5, 5.41) is 3.08. The molecule has 0 aliphatic heterocycles. The fourth-order valence-corrected chi connectivity index (χ4v) is 2.32. The van der Waals surface area contributed by atoms with Crippen molar-refractivity contribution in [1.82, 2.24) is 10.3 Å². The average molecular weight is 244 g/mol. The molecule has 1 amide bonds. The van der Waals surface area contributed by atoms with Gasteiger partial charge in [0, 0.05) is 24.5 Å². The first-order valence-electron chi connectivity index (χ1n) is 6.73. The van der Waals surface area contributed by atoms with Crippen molar-refractivity contribution in [2.24, 2.45) is 0 Å². The molecule has 1 N–H and O–H groups in total. The predicted molar refractivity (Wildman–Crippen MR) is 72.9 cm³/mol. The molecule has 1 aliphatic carbocycles. The molecule has 1 aromatic heterocycles. The summed E-state index contributed by atoms with van der Waals surface area (Å²) in [5.74, 6) is 0.00533. The minimum Gasteiger partial charge on any atom is -0.350 e. The molecule has 1 aliphatic rings. The number of aromatic nitrogens is 1. The number of hydrogen-bond donors (Lipinski definition) is 1. The molecular formula is C15H20N2O. The smallest absolute Gasteiger partial charge is 0.244 e. The zero-order chi connectivity index (χ0) is 12.6. The van der Waals surface area contributed by atoms with Crippen LogP contribution >= 0.6 is 0 Å². The molecule has 0 saturated heterocycles. The second-order valence-electron chi connectivity index (χ2n) is 4.82. The highest BCUT2D eigenvalue weighted by molar-refractivity contribution is 5.91. The van der Waals surface area contributed by atoms with Crippen LogP contribution in [0.2, 0.25) is 0 Å². The second kappa shape index (κ2) is 6.94. The number of carbonyl (C=O) groups excluding carboxylic acids is 1. The first-order valence-corrected chi connectivity index (χ1v) is 6.73. The third-order valence-corrected chi connectivity index (χ3v) is 3.31. The van der Waals surface area contributed by atoms with Gasteiger partial charge in [-0.15, -0.1) is 0 Å². The van der Waals surface area contributed by atoms with E-state index >= 15 is 0 Å². The maximum absolute atomic E-state index is 11.8. The van der Waals surface area contributed by atoms with Crippen LogP contribution in [-0.2, 0) is 4.79 Å². The molecule has 0 unspecified atom stereocenters. The molecular weight excluding hydrogens is 224 g/mol. The Bertz CT molecular complexity index is 392. The van der Waals surface area contributed by atoms with Gasteiger partial charge in [0.2, 0.25) is 5.91 Å². The van der Waals surface area contributed by atoms with Crippen molar-refractivity contribution in [3.8, 4) is 0 Å². The van der Waals surface area contributed by atoms with Crippen LogP contribution < -0.4 is 5.32 Å². The maximum atomic E-state index is 11.8. The lowest BCUT2D eigenvalue weighted by molar-refractivity contribution is -0.117. The summed E-state index contributed by atoms with van der Waals surface area (Å²) in [6, 6.07) is 4.16. The number of pyridine rings is 1. The van der Waals surface area contributed by atoms with E-state index in [-0.39, 0.29) is 5.91 Å². The van der Waals surface area contributed by atoms with Gasteiger partial charge in [0.25, 0.3) is 0 Å². The highest BCUT2D eigenvalue weighted by Crippen LogP contribution is 2.17. The van der Waals surface area contributed by atoms with E-state index in [1.807, 2.05) is 12.1 Å². The molecule has 0 atom stereocenters. The summed E-state index contributed by atoms with van der Waals surface area (Å²) in [6.45, 7) is 0. The Labute approximate surface area is 108 Å². The van der Waals surface area contributed by atoms with Crippen molar-refractivity contribution in [3.63, 3.8) is 0 Å². The van der Waals surface area contributed by atoms with E-state index in [4.69, 9.17) is 0 Å². The van der Waals surface area contributed by atoms with Gasteiger partial charge in [0.15, 0.2) is 0 Å². The summed E-state index contributed by atoms with van der Waals surface area (Å²) in [7, 11) is 0. The Morgan fingerprint density at radius 2 is 2.06 bits per heavy atom. The summed E-state index contributed by atoms with van der Waals surface area (Å²) < 4.78 is 0. The van der Waals surface area contributed by atoms with Crippen molar-refractivity contribution in [2.45, 2.75) is 44.6 Å². The third kappa shape index (κ3) is 4.32. The number of nitrogens with zero attached hydrogens (tertiary/aromatic N) is 1. The van der Waals surface area contributed by atoms with E-state index in [0.29, 0.717) is 6.04 Å². The van der Waals surface area contributed by atoms with Crippen LogP contribution in [0.3, 0.4) is 0 Å². The largest absolute Gasteiger partial charge is 0.350 e. The fraction of sp³-hybridized carbons (Fsp3) is 0.467. The maximum Gasteiger partial charge on any atom is 0.244 e. The molecule has 0 spiro atoms. The standard InChI is InChI=1S/C15H20N2O/c18-15(10-9-13-6-5-11-16-12-13)17-14-7-3-1-2-4-8-14/h5-6,9-12,14H,1-4,7-8H2,(H,17,18)/b10-9+. The van der Waals surface area contributed by atoms with Crippen molar-refractivity contribution in [1.29, 1.82) is 0 Å². The van der Waals surface area contributed by atoms with Gasteiger partial charge in [0.05, 0.1) is 0 Å². The van der Waals surface area contributed by atoms with Gasteiger partial charge in [-0.1, -0.05) is 31.7 Å². The molecule has 2 rings (SSSR count). The average Bonchev–Trinajstić information content (AvgIpc) is 2.66. The molecule has 1 fully saturated rings. The van der Waals surface area contributed by atoms with Crippen LogP contribution in [0.1, 0.15) is 44.1 Å².